The van der Waals surface area contributed by atoms with Gasteiger partial charge in [-0.05, 0) is 25.8 Å². The molecule has 0 aromatic rings. The first-order chi connectivity index (χ1) is 9.31. The van der Waals surface area contributed by atoms with Gasteiger partial charge in [-0.2, -0.15) is 0 Å². The van der Waals surface area contributed by atoms with Crippen molar-refractivity contribution in [1.82, 2.24) is 4.90 Å². The van der Waals surface area contributed by atoms with Gasteiger partial charge in [0.1, 0.15) is 6.29 Å². The Morgan fingerprint density at radius 2 is 1.80 bits per heavy atom. The van der Waals surface area contributed by atoms with E-state index in [9.17, 15) is 4.79 Å². The number of carbonyl (C=O) groups is 2. The number of aldehydes is 1. The normalized spacial score (nSPS) is 13.1. The van der Waals surface area contributed by atoms with Gasteiger partial charge in [-0.15, -0.1) is 0 Å². The van der Waals surface area contributed by atoms with Crippen molar-refractivity contribution >= 4 is 12.2 Å². The van der Waals surface area contributed by atoms with Crippen LogP contribution in [0.5, 0.6) is 0 Å². The van der Waals surface area contributed by atoms with Crippen LogP contribution in [0, 0.1) is 5.92 Å². The molecule has 0 saturated heterocycles. The molecule has 1 aliphatic rings. The second kappa shape index (κ2) is 12.6. The van der Waals surface area contributed by atoms with Gasteiger partial charge in [0.2, 0.25) is 0 Å². The van der Waals surface area contributed by atoms with Crippen molar-refractivity contribution in [3.8, 4) is 0 Å². The second-order valence-corrected chi connectivity index (χ2v) is 5.21. The lowest BCUT2D eigenvalue weighted by molar-refractivity contribution is -0.124. The highest BCUT2D eigenvalue weighted by atomic mass is 16.2. The van der Waals surface area contributed by atoms with Crippen LogP contribution >= 0.6 is 0 Å². The molecular weight excluding hydrogens is 252 g/mol. The Balaban J connectivity index is 0. The van der Waals surface area contributed by atoms with Crippen molar-refractivity contribution in [3.63, 3.8) is 0 Å². The Kier molecular flexibility index (Phi) is 13.2. The number of allylic oxidation sites excluding steroid dienone is 1. The average molecular weight is 282 g/mol. The first-order valence-corrected chi connectivity index (χ1v) is 7.15. The first-order valence-electron chi connectivity index (χ1n) is 7.15. The van der Waals surface area contributed by atoms with E-state index in [-0.39, 0.29) is 18.5 Å². The fourth-order valence-corrected chi connectivity index (χ4v) is 1.63. The highest BCUT2D eigenvalue weighted by Gasteiger charge is 2.20. The number of nitrogens with zero attached hydrogens (tertiary/aromatic N) is 1. The zero-order chi connectivity index (χ0) is 16.1. The molecule has 0 unspecified atom stereocenters. The van der Waals surface area contributed by atoms with Crippen molar-refractivity contribution in [3.05, 3.63) is 24.4 Å². The number of amides is 1. The van der Waals surface area contributed by atoms with Crippen LogP contribution in [0.3, 0.4) is 0 Å². The molecule has 2 N–H and O–H groups in total. The number of carbonyl (C=O) groups excluding carboxylic acids is 2. The summed E-state index contributed by atoms with van der Waals surface area (Å²) in [5.74, 6) is 0.940. The highest BCUT2D eigenvalue weighted by molar-refractivity contribution is 5.93. The van der Waals surface area contributed by atoms with E-state index in [0.29, 0.717) is 6.29 Å². The van der Waals surface area contributed by atoms with Crippen LogP contribution in [0.2, 0.25) is 0 Å². The van der Waals surface area contributed by atoms with Gasteiger partial charge in [0.25, 0.3) is 5.91 Å². The van der Waals surface area contributed by atoms with Crippen LogP contribution in [0.15, 0.2) is 24.4 Å². The average Bonchev–Trinajstić information content (AvgIpc) is 2.70. The second-order valence-electron chi connectivity index (χ2n) is 5.21. The van der Waals surface area contributed by atoms with Gasteiger partial charge in [0.05, 0.1) is 0 Å². The maximum absolute atomic E-state index is 11.0. The topological polar surface area (TPSA) is 63.4 Å². The summed E-state index contributed by atoms with van der Waals surface area (Å²) in [6.45, 7) is 14.5. The van der Waals surface area contributed by atoms with Gasteiger partial charge in [0, 0.05) is 24.4 Å². The number of nitrogens with two attached hydrogens (primary N) is 1. The molecule has 0 aromatic heterocycles. The van der Waals surface area contributed by atoms with E-state index in [1.54, 1.807) is 17.1 Å². The van der Waals surface area contributed by atoms with Crippen LogP contribution in [-0.2, 0) is 9.59 Å². The van der Waals surface area contributed by atoms with Crippen molar-refractivity contribution in [1.29, 1.82) is 0 Å². The minimum Gasteiger partial charge on any atom is -0.324 e. The summed E-state index contributed by atoms with van der Waals surface area (Å²) in [5, 5.41) is 0. The molecular formula is C16H30N2O2. The molecule has 20 heavy (non-hydrogen) atoms. The van der Waals surface area contributed by atoms with Crippen molar-refractivity contribution in [2.24, 2.45) is 11.7 Å². The summed E-state index contributed by atoms with van der Waals surface area (Å²) in [7, 11) is 0. The molecule has 0 atom stereocenters. The van der Waals surface area contributed by atoms with Crippen molar-refractivity contribution < 1.29 is 9.59 Å². The van der Waals surface area contributed by atoms with E-state index in [1.807, 2.05) is 13.8 Å². The Morgan fingerprint density at radius 1 is 1.30 bits per heavy atom. The van der Waals surface area contributed by atoms with E-state index in [0.717, 1.165) is 11.6 Å². The SMILES string of the molecule is C=C1C=CC(=O)N1C(C)C.CCCC(C)C.NCC=O. The Morgan fingerprint density at radius 3 is 1.90 bits per heavy atom. The number of hydrogen-bond acceptors (Lipinski definition) is 3. The summed E-state index contributed by atoms with van der Waals surface area (Å²) in [4.78, 5) is 21.7. The lowest BCUT2D eigenvalue weighted by Gasteiger charge is -2.21. The smallest absolute Gasteiger partial charge is 0.251 e. The minimum absolute atomic E-state index is 0.0417. The van der Waals surface area contributed by atoms with Crippen molar-refractivity contribution in [2.45, 2.75) is 53.5 Å². The van der Waals surface area contributed by atoms with E-state index in [1.165, 1.54) is 12.8 Å². The number of hydrogen-bond donors (Lipinski definition) is 1. The van der Waals surface area contributed by atoms with Crippen LogP contribution < -0.4 is 5.73 Å². The molecule has 0 aromatic carbocycles. The first kappa shape index (κ1) is 20.9. The van der Waals surface area contributed by atoms with E-state index in [4.69, 9.17) is 4.79 Å². The molecule has 1 aliphatic heterocycles. The summed E-state index contributed by atoms with van der Waals surface area (Å²) < 4.78 is 0. The molecule has 116 valence electrons. The summed E-state index contributed by atoms with van der Waals surface area (Å²) in [5.41, 5.74) is 5.45. The molecule has 0 spiro atoms. The number of rotatable bonds is 4. The molecule has 4 nitrogen and oxygen atoms in total. The van der Waals surface area contributed by atoms with Crippen molar-refractivity contribution in [2.75, 3.05) is 6.54 Å². The monoisotopic (exact) mass is 282 g/mol. The Labute approximate surface area is 123 Å². The Bertz CT molecular complexity index is 302. The standard InChI is InChI=1S/C8H11NO.C6H14.C2H5NO/c1-6(2)9-7(3)4-5-8(9)10;1-4-5-6(2)3;3-1-2-4/h4-6H,3H2,1-2H3;6H,4-5H2,1-3H3;2H,1,3H2. The molecule has 1 rings (SSSR count). The molecule has 4 heteroatoms. The van der Waals surface area contributed by atoms with E-state index in [2.05, 4.69) is 33.1 Å². The molecule has 1 heterocycles. The predicted octanol–water partition coefficient (Wildman–Crippen LogP) is 2.89. The van der Waals surface area contributed by atoms with E-state index >= 15 is 0 Å². The fourth-order valence-electron chi connectivity index (χ4n) is 1.63. The predicted molar refractivity (Wildman–Crippen MR) is 85.1 cm³/mol. The van der Waals surface area contributed by atoms with Crippen LogP contribution in [-0.4, -0.2) is 29.7 Å². The minimum atomic E-state index is 0.0417. The van der Waals surface area contributed by atoms with Crippen LogP contribution in [0.1, 0.15) is 47.5 Å². The van der Waals surface area contributed by atoms with Gasteiger partial charge in [-0.25, -0.2) is 0 Å². The Hall–Kier alpha value is -1.42. The third-order valence-corrected chi connectivity index (χ3v) is 2.44. The van der Waals surface area contributed by atoms with E-state index < -0.39 is 0 Å². The van der Waals surface area contributed by atoms with Gasteiger partial charge in [-0.1, -0.05) is 40.2 Å². The summed E-state index contributed by atoms with van der Waals surface area (Å²) in [6.07, 6.45) is 6.64. The lowest BCUT2D eigenvalue weighted by atomic mass is 10.1. The van der Waals surface area contributed by atoms with Gasteiger partial charge < -0.3 is 15.4 Å². The zero-order valence-corrected chi connectivity index (χ0v) is 13.6. The zero-order valence-electron chi connectivity index (χ0n) is 13.6. The maximum Gasteiger partial charge on any atom is 0.251 e. The maximum atomic E-state index is 11.0. The summed E-state index contributed by atoms with van der Waals surface area (Å²) in [6, 6.07) is 0.218. The van der Waals surface area contributed by atoms with Crippen LogP contribution in [0.25, 0.3) is 0 Å². The largest absolute Gasteiger partial charge is 0.324 e. The van der Waals surface area contributed by atoms with Gasteiger partial charge in [-0.3, -0.25) is 4.79 Å². The third kappa shape index (κ3) is 10.5. The van der Waals surface area contributed by atoms with Gasteiger partial charge >= 0.3 is 0 Å². The molecule has 0 bridgehead atoms. The van der Waals surface area contributed by atoms with Gasteiger partial charge in [0.15, 0.2) is 0 Å². The molecule has 0 fully saturated rings. The molecule has 1 amide bonds. The summed E-state index contributed by atoms with van der Waals surface area (Å²) >= 11 is 0. The third-order valence-electron chi connectivity index (χ3n) is 2.44. The highest BCUT2D eigenvalue weighted by Crippen LogP contribution is 2.15. The molecule has 0 radical (unpaired) electrons. The fraction of sp³-hybridized carbons (Fsp3) is 0.625. The molecule has 0 saturated carbocycles. The van der Waals surface area contributed by atoms with Crippen LogP contribution in [0.4, 0.5) is 0 Å². The quantitative estimate of drug-likeness (QED) is 0.806. The molecule has 0 aliphatic carbocycles. The lowest BCUT2D eigenvalue weighted by Crippen LogP contribution is -2.30.